The van der Waals surface area contributed by atoms with E-state index in [4.69, 9.17) is 9.47 Å². The Labute approximate surface area is 168 Å². The molecule has 6 nitrogen and oxygen atoms in total. The van der Waals surface area contributed by atoms with E-state index in [2.05, 4.69) is 4.98 Å². The van der Waals surface area contributed by atoms with Gasteiger partial charge in [0.05, 0.1) is 17.8 Å². The maximum atomic E-state index is 12.5. The van der Waals surface area contributed by atoms with Gasteiger partial charge in [0.15, 0.2) is 0 Å². The number of esters is 1. The third-order valence-electron chi connectivity index (χ3n) is 4.61. The Hall–Kier alpha value is -2.67. The molecule has 2 heterocycles. The zero-order chi connectivity index (χ0) is 19.9. The molecule has 1 aliphatic rings. The summed E-state index contributed by atoms with van der Waals surface area (Å²) in [6, 6.07) is 7.02. The monoisotopic (exact) mass is 400 g/mol. The van der Waals surface area contributed by atoms with Crippen molar-refractivity contribution in [2.45, 2.75) is 38.8 Å². The molecule has 2 aromatic rings. The zero-order valence-corrected chi connectivity index (χ0v) is 16.9. The summed E-state index contributed by atoms with van der Waals surface area (Å²) < 4.78 is 10.6. The van der Waals surface area contributed by atoms with Crippen LogP contribution in [0.2, 0.25) is 0 Å². The highest BCUT2D eigenvalue weighted by molar-refractivity contribution is 7.09. The lowest BCUT2D eigenvalue weighted by Gasteiger charge is -2.32. The minimum absolute atomic E-state index is 0.172. The van der Waals surface area contributed by atoms with Crippen LogP contribution in [0.25, 0.3) is 6.08 Å². The zero-order valence-electron chi connectivity index (χ0n) is 16.1. The van der Waals surface area contributed by atoms with Crippen LogP contribution in [0.5, 0.6) is 5.75 Å². The van der Waals surface area contributed by atoms with Gasteiger partial charge in [-0.3, -0.25) is 4.79 Å². The molecule has 0 saturated carbocycles. The van der Waals surface area contributed by atoms with Crippen LogP contribution in [0.3, 0.4) is 0 Å². The molecule has 0 aliphatic carbocycles. The van der Waals surface area contributed by atoms with Crippen LogP contribution in [0.15, 0.2) is 35.7 Å². The van der Waals surface area contributed by atoms with E-state index >= 15 is 0 Å². The second-order valence-corrected chi connectivity index (χ2v) is 7.68. The van der Waals surface area contributed by atoms with Crippen LogP contribution in [-0.2, 0) is 20.9 Å². The second kappa shape index (κ2) is 9.50. The minimum Gasteiger partial charge on any atom is -0.487 e. The summed E-state index contributed by atoms with van der Waals surface area (Å²) in [6.07, 6.45) is 5.73. The number of thiazole rings is 1. The smallest absolute Gasteiger partial charge is 0.328 e. The lowest BCUT2D eigenvalue weighted by Crippen LogP contribution is -2.47. The molecular formula is C21H24N2O4S. The van der Waals surface area contributed by atoms with E-state index < -0.39 is 6.04 Å². The average molecular weight is 401 g/mol. The molecule has 1 aromatic heterocycles. The molecule has 1 atom stereocenters. The van der Waals surface area contributed by atoms with Crippen LogP contribution in [0.4, 0.5) is 0 Å². The number of carbonyl (C=O) groups excluding carboxylic acids is 2. The molecule has 148 valence electrons. The Morgan fingerprint density at radius 3 is 2.75 bits per heavy atom. The van der Waals surface area contributed by atoms with E-state index in [9.17, 15) is 9.59 Å². The number of ether oxygens (including phenoxy) is 2. The van der Waals surface area contributed by atoms with Crippen LogP contribution in [-0.4, -0.2) is 41.5 Å². The van der Waals surface area contributed by atoms with Crippen molar-refractivity contribution in [3.8, 4) is 5.75 Å². The highest BCUT2D eigenvalue weighted by Crippen LogP contribution is 2.20. The number of likely N-dealkylation sites (tertiary alicyclic amines) is 1. The number of aromatic nitrogens is 1. The predicted molar refractivity (Wildman–Crippen MR) is 108 cm³/mol. The molecule has 1 fully saturated rings. The van der Waals surface area contributed by atoms with Crippen LogP contribution < -0.4 is 4.74 Å². The first kappa shape index (κ1) is 20.1. The van der Waals surface area contributed by atoms with Gasteiger partial charge >= 0.3 is 5.97 Å². The third kappa shape index (κ3) is 5.19. The molecular weight excluding hydrogens is 376 g/mol. The molecule has 1 saturated heterocycles. The Morgan fingerprint density at radius 2 is 2.07 bits per heavy atom. The maximum absolute atomic E-state index is 12.5. The van der Waals surface area contributed by atoms with Gasteiger partial charge in [-0.2, -0.15) is 0 Å². The summed E-state index contributed by atoms with van der Waals surface area (Å²) in [7, 11) is 1.36. The van der Waals surface area contributed by atoms with Gasteiger partial charge in [-0.05, 0) is 50.0 Å². The number of nitrogens with zero attached hydrogens (tertiary/aromatic N) is 2. The average Bonchev–Trinajstić information content (AvgIpc) is 3.15. The van der Waals surface area contributed by atoms with Gasteiger partial charge in [-0.15, -0.1) is 11.3 Å². The fourth-order valence-electron chi connectivity index (χ4n) is 3.15. The minimum atomic E-state index is -0.485. The van der Waals surface area contributed by atoms with Gasteiger partial charge in [0.2, 0.25) is 5.91 Å². The highest BCUT2D eigenvalue weighted by Gasteiger charge is 2.31. The number of benzene rings is 1. The van der Waals surface area contributed by atoms with Gasteiger partial charge in [-0.1, -0.05) is 12.1 Å². The van der Waals surface area contributed by atoms with Gasteiger partial charge < -0.3 is 14.4 Å². The summed E-state index contributed by atoms with van der Waals surface area (Å²) in [4.78, 5) is 30.4. The summed E-state index contributed by atoms with van der Waals surface area (Å²) in [6.45, 7) is 2.97. The molecule has 3 rings (SSSR count). The molecule has 0 bridgehead atoms. The molecule has 1 unspecified atom stereocenters. The number of amides is 1. The van der Waals surface area contributed by atoms with E-state index in [1.807, 2.05) is 36.6 Å². The van der Waals surface area contributed by atoms with Crippen molar-refractivity contribution < 1.29 is 19.1 Å². The normalized spacial score (nSPS) is 16.9. The van der Waals surface area contributed by atoms with Gasteiger partial charge in [0.25, 0.3) is 0 Å². The number of methoxy groups -OCH3 is 1. The van der Waals surface area contributed by atoms with Crippen LogP contribution >= 0.6 is 11.3 Å². The van der Waals surface area contributed by atoms with E-state index in [-0.39, 0.29) is 11.9 Å². The maximum Gasteiger partial charge on any atom is 0.328 e. The lowest BCUT2D eigenvalue weighted by atomic mass is 10.0. The van der Waals surface area contributed by atoms with Gasteiger partial charge in [-0.25, -0.2) is 9.78 Å². The molecule has 1 aliphatic heterocycles. The standard InChI is InChI=1S/C21H24N2O4S/c1-15-22-17(14-28-15)13-27-18-9-6-16(7-10-18)8-11-20(24)23-12-4-3-5-19(23)21(25)26-2/h6-11,14,19H,3-5,12-13H2,1-2H3/b11-8+. The van der Waals surface area contributed by atoms with Crippen molar-refractivity contribution in [2.75, 3.05) is 13.7 Å². The van der Waals surface area contributed by atoms with E-state index in [0.29, 0.717) is 19.6 Å². The van der Waals surface area contributed by atoms with E-state index in [0.717, 1.165) is 34.9 Å². The molecule has 0 spiro atoms. The first-order valence-electron chi connectivity index (χ1n) is 9.27. The topological polar surface area (TPSA) is 68.7 Å². The quantitative estimate of drug-likeness (QED) is 0.547. The van der Waals surface area contributed by atoms with Crippen molar-refractivity contribution in [2.24, 2.45) is 0 Å². The van der Waals surface area contributed by atoms with Crippen molar-refractivity contribution in [3.05, 3.63) is 52.0 Å². The van der Waals surface area contributed by atoms with Crippen molar-refractivity contribution in [1.82, 2.24) is 9.88 Å². The van der Waals surface area contributed by atoms with Gasteiger partial charge in [0, 0.05) is 18.0 Å². The summed E-state index contributed by atoms with van der Waals surface area (Å²) >= 11 is 1.60. The Morgan fingerprint density at radius 1 is 1.29 bits per heavy atom. The first-order valence-corrected chi connectivity index (χ1v) is 10.1. The predicted octanol–water partition coefficient (Wildman–Crippen LogP) is 3.60. The number of aryl methyl sites for hydroxylation is 1. The molecule has 28 heavy (non-hydrogen) atoms. The Kier molecular flexibility index (Phi) is 6.81. The largest absolute Gasteiger partial charge is 0.487 e. The Bertz CT molecular complexity index is 844. The second-order valence-electron chi connectivity index (χ2n) is 6.62. The molecule has 0 N–H and O–H groups in total. The SMILES string of the molecule is COC(=O)C1CCCCN1C(=O)/C=C/c1ccc(OCc2csc(C)n2)cc1. The molecule has 1 aromatic carbocycles. The summed E-state index contributed by atoms with van der Waals surface area (Å²) in [5, 5.41) is 3.01. The summed E-state index contributed by atoms with van der Waals surface area (Å²) in [5.74, 6) is 0.225. The number of piperidine rings is 1. The van der Waals surface area contributed by atoms with Crippen molar-refractivity contribution in [3.63, 3.8) is 0 Å². The Balaban J connectivity index is 1.57. The number of rotatable bonds is 6. The molecule has 1 amide bonds. The van der Waals surface area contributed by atoms with E-state index in [1.165, 1.54) is 13.2 Å². The first-order chi connectivity index (χ1) is 13.6. The summed E-state index contributed by atoms with van der Waals surface area (Å²) in [5.41, 5.74) is 1.80. The highest BCUT2D eigenvalue weighted by atomic mass is 32.1. The number of hydrogen-bond donors (Lipinski definition) is 0. The van der Waals surface area contributed by atoms with Gasteiger partial charge in [0.1, 0.15) is 18.4 Å². The molecule has 0 radical (unpaired) electrons. The van der Waals surface area contributed by atoms with Crippen LogP contribution in [0, 0.1) is 6.92 Å². The number of hydrogen-bond acceptors (Lipinski definition) is 6. The van der Waals surface area contributed by atoms with Crippen LogP contribution in [0.1, 0.15) is 35.5 Å². The van der Waals surface area contributed by atoms with Crippen molar-refractivity contribution >= 4 is 29.3 Å². The lowest BCUT2D eigenvalue weighted by molar-refractivity contribution is -0.153. The third-order valence-corrected chi connectivity index (χ3v) is 5.43. The molecule has 7 heteroatoms. The fourth-order valence-corrected chi connectivity index (χ4v) is 3.74. The fraction of sp³-hybridized carbons (Fsp3) is 0.381. The van der Waals surface area contributed by atoms with Crippen molar-refractivity contribution in [1.29, 1.82) is 0 Å². The number of carbonyl (C=O) groups is 2. The van der Waals surface area contributed by atoms with E-state index in [1.54, 1.807) is 22.3 Å².